The van der Waals surface area contributed by atoms with Crippen LogP contribution in [0.15, 0.2) is 0 Å². The van der Waals surface area contributed by atoms with E-state index in [1.54, 1.807) is 0 Å². The van der Waals surface area contributed by atoms with Crippen LogP contribution < -0.4 is 0 Å². The summed E-state index contributed by atoms with van der Waals surface area (Å²) in [4.78, 5) is 0. The van der Waals surface area contributed by atoms with Crippen molar-refractivity contribution in [2.75, 3.05) is 0 Å². The van der Waals surface area contributed by atoms with Gasteiger partial charge in [-0.3, -0.25) is 0 Å². The molecule has 1 fully saturated rings. The van der Waals surface area contributed by atoms with Gasteiger partial charge in [0.15, 0.2) is 0 Å². The van der Waals surface area contributed by atoms with Crippen molar-refractivity contribution in [3.8, 4) is 0 Å². The van der Waals surface area contributed by atoms with Gasteiger partial charge in [0, 0.05) is 8.07 Å². The van der Waals surface area contributed by atoms with Crippen molar-refractivity contribution in [3.05, 3.63) is 0 Å². The Balaban J connectivity index is 2.88. The highest BCUT2D eigenvalue weighted by Crippen LogP contribution is 2.53. The second-order valence-electron chi connectivity index (χ2n) is 6.33. The molecule has 0 bridgehead atoms. The summed E-state index contributed by atoms with van der Waals surface area (Å²) in [5, 5.41) is 0. The minimum atomic E-state index is -0.934. The first-order valence-corrected chi connectivity index (χ1v) is 9.34. The Labute approximate surface area is 85.1 Å². The molecule has 1 aliphatic carbocycles. The molecule has 0 spiro atoms. The first-order chi connectivity index (χ1) is 5.76. The predicted octanol–water partition coefficient (Wildman–Crippen LogP) is 4.25. The highest BCUT2D eigenvalue weighted by atomic mass is 28.3. The quantitative estimate of drug-likeness (QED) is 0.553. The molecule has 1 saturated carbocycles. The van der Waals surface area contributed by atoms with Crippen LogP contribution in [0.2, 0.25) is 25.2 Å². The predicted molar refractivity (Wildman–Crippen MR) is 63.8 cm³/mol. The van der Waals surface area contributed by atoms with Gasteiger partial charge in [-0.15, -0.1) is 0 Å². The topological polar surface area (TPSA) is 0 Å². The van der Waals surface area contributed by atoms with E-state index >= 15 is 0 Å². The molecule has 0 aromatic heterocycles. The molecule has 4 unspecified atom stereocenters. The van der Waals surface area contributed by atoms with E-state index in [1.807, 2.05) is 0 Å². The number of hydrogen-bond acceptors (Lipinski definition) is 0. The molecule has 13 heavy (non-hydrogen) atoms. The van der Waals surface area contributed by atoms with Gasteiger partial charge in [-0.25, -0.2) is 0 Å². The van der Waals surface area contributed by atoms with E-state index in [0.29, 0.717) is 0 Å². The second kappa shape index (κ2) is 3.41. The third-order valence-electron chi connectivity index (χ3n) is 4.62. The lowest BCUT2D eigenvalue weighted by atomic mass is 9.92. The van der Waals surface area contributed by atoms with E-state index in [1.165, 1.54) is 0 Å². The van der Waals surface area contributed by atoms with Gasteiger partial charge in [-0.2, -0.15) is 0 Å². The molecule has 1 heteroatoms. The SMILES string of the molecule is CC1C(C)[C@H](C)C(C)C1[Si](C)(C)C. The minimum absolute atomic E-state index is 0.934. The first-order valence-electron chi connectivity index (χ1n) is 5.76. The van der Waals surface area contributed by atoms with Gasteiger partial charge in [0.05, 0.1) is 0 Å². The van der Waals surface area contributed by atoms with Crippen LogP contribution in [0.1, 0.15) is 27.7 Å². The van der Waals surface area contributed by atoms with Gasteiger partial charge in [-0.1, -0.05) is 47.3 Å². The molecule has 0 aromatic rings. The Morgan fingerprint density at radius 3 is 1.08 bits per heavy atom. The molecule has 1 rings (SSSR count). The molecule has 0 aromatic carbocycles. The molecule has 0 heterocycles. The summed E-state index contributed by atoms with van der Waals surface area (Å²) in [6.07, 6.45) is 0. The molecule has 78 valence electrons. The zero-order valence-corrected chi connectivity index (χ0v) is 11.4. The van der Waals surface area contributed by atoms with Crippen LogP contribution in [0.5, 0.6) is 0 Å². The number of hydrogen-bond donors (Lipinski definition) is 0. The van der Waals surface area contributed by atoms with Gasteiger partial charge in [0.1, 0.15) is 0 Å². The van der Waals surface area contributed by atoms with Crippen molar-refractivity contribution in [1.29, 1.82) is 0 Å². The largest absolute Gasteiger partial charge is 0.0693 e. The van der Waals surface area contributed by atoms with Crippen molar-refractivity contribution in [1.82, 2.24) is 0 Å². The van der Waals surface area contributed by atoms with Crippen LogP contribution in [0, 0.1) is 23.7 Å². The van der Waals surface area contributed by atoms with E-state index in [0.717, 1.165) is 29.2 Å². The maximum atomic E-state index is 2.54. The molecule has 0 aliphatic heterocycles. The molecule has 0 radical (unpaired) electrons. The van der Waals surface area contributed by atoms with Gasteiger partial charge in [-0.05, 0) is 29.2 Å². The second-order valence-corrected chi connectivity index (χ2v) is 11.7. The van der Waals surface area contributed by atoms with Gasteiger partial charge in [0.2, 0.25) is 0 Å². The van der Waals surface area contributed by atoms with Gasteiger partial charge >= 0.3 is 0 Å². The maximum absolute atomic E-state index is 2.54. The smallest absolute Gasteiger partial charge is 0.0479 e. The average molecular weight is 198 g/mol. The fourth-order valence-corrected chi connectivity index (χ4v) is 7.43. The van der Waals surface area contributed by atoms with E-state index in [-0.39, 0.29) is 0 Å². The van der Waals surface area contributed by atoms with E-state index in [4.69, 9.17) is 0 Å². The normalized spacial score (nSPS) is 46.8. The van der Waals surface area contributed by atoms with Crippen LogP contribution in [-0.2, 0) is 0 Å². The summed E-state index contributed by atoms with van der Waals surface area (Å²) < 4.78 is 0. The summed E-state index contributed by atoms with van der Waals surface area (Å²) >= 11 is 0. The highest BCUT2D eigenvalue weighted by Gasteiger charge is 2.46. The molecule has 0 saturated heterocycles. The molecular formula is C12H26Si. The summed E-state index contributed by atoms with van der Waals surface area (Å²) in [6, 6.07) is 0. The zero-order valence-electron chi connectivity index (χ0n) is 10.4. The molecular weight excluding hydrogens is 172 g/mol. The molecule has 0 N–H and O–H groups in total. The number of rotatable bonds is 1. The first kappa shape index (κ1) is 11.3. The Kier molecular flexibility index (Phi) is 2.97. The summed E-state index contributed by atoms with van der Waals surface area (Å²) in [7, 11) is -0.934. The van der Waals surface area contributed by atoms with Crippen LogP contribution in [-0.4, -0.2) is 8.07 Å². The zero-order chi connectivity index (χ0) is 10.4. The summed E-state index contributed by atoms with van der Waals surface area (Å²) in [5.41, 5.74) is 1.04. The van der Waals surface area contributed by atoms with Crippen molar-refractivity contribution < 1.29 is 0 Å². The molecule has 0 nitrogen and oxygen atoms in total. The van der Waals surface area contributed by atoms with Crippen LogP contribution >= 0.6 is 0 Å². The lowest BCUT2D eigenvalue weighted by molar-refractivity contribution is 0.352. The fraction of sp³-hybridized carbons (Fsp3) is 1.00. The minimum Gasteiger partial charge on any atom is -0.0693 e. The van der Waals surface area contributed by atoms with Crippen molar-refractivity contribution >= 4 is 8.07 Å². The standard InChI is InChI=1S/C12H26Si/c1-8-9(2)11(4)12(10(8)3)13(5,6)7/h8-12H,1-7H3/t8-,9?,10?,11?,12?/m0/s1. The van der Waals surface area contributed by atoms with Crippen LogP contribution in [0.25, 0.3) is 0 Å². The van der Waals surface area contributed by atoms with Gasteiger partial charge in [0.25, 0.3) is 0 Å². The Bertz CT molecular complexity index is 166. The third-order valence-corrected chi connectivity index (χ3v) is 7.67. The maximum Gasteiger partial charge on any atom is 0.0479 e. The van der Waals surface area contributed by atoms with Crippen molar-refractivity contribution in [2.24, 2.45) is 23.7 Å². The molecule has 0 amide bonds. The van der Waals surface area contributed by atoms with Gasteiger partial charge < -0.3 is 0 Å². The van der Waals surface area contributed by atoms with Crippen LogP contribution in [0.4, 0.5) is 0 Å². The van der Waals surface area contributed by atoms with E-state index < -0.39 is 8.07 Å². The molecule has 1 aliphatic rings. The Morgan fingerprint density at radius 2 is 0.923 bits per heavy atom. The van der Waals surface area contributed by atoms with Crippen LogP contribution in [0.3, 0.4) is 0 Å². The van der Waals surface area contributed by atoms with E-state index in [2.05, 4.69) is 47.3 Å². The van der Waals surface area contributed by atoms with Crippen molar-refractivity contribution in [2.45, 2.75) is 52.9 Å². The summed E-state index contributed by atoms with van der Waals surface area (Å²) in [5.74, 6) is 3.78. The monoisotopic (exact) mass is 198 g/mol. The fourth-order valence-electron chi connectivity index (χ4n) is 3.67. The van der Waals surface area contributed by atoms with Crippen molar-refractivity contribution in [3.63, 3.8) is 0 Å². The third kappa shape index (κ3) is 1.86. The lowest BCUT2D eigenvalue weighted by Crippen LogP contribution is -2.33. The Hall–Kier alpha value is 0.217. The lowest BCUT2D eigenvalue weighted by Gasteiger charge is -2.33. The Morgan fingerprint density at radius 1 is 0.615 bits per heavy atom. The highest BCUT2D eigenvalue weighted by molar-refractivity contribution is 6.77. The van der Waals surface area contributed by atoms with E-state index in [9.17, 15) is 0 Å². The average Bonchev–Trinajstić information content (AvgIpc) is 2.14. The molecule has 5 atom stereocenters. The summed E-state index contributed by atoms with van der Waals surface area (Å²) in [6.45, 7) is 17.5.